The quantitative estimate of drug-likeness (QED) is 0.336. The summed E-state index contributed by atoms with van der Waals surface area (Å²) in [6, 6.07) is 0. The maximum atomic E-state index is 9.79. The van der Waals surface area contributed by atoms with Crippen LogP contribution >= 0.6 is 0 Å². The van der Waals surface area contributed by atoms with Crippen molar-refractivity contribution in [2.45, 2.75) is 0 Å². The monoisotopic (exact) mass is 161 g/mol. The van der Waals surface area contributed by atoms with Crippen LogP contribution in [0.1, 0.15) is 0 Å². The smallest absolute Gasteiger partial charge is 0.748 e. The van der Waals surface area contributed by atoms with Crippen molar-refractivity contribution < 1.29 is 42.5 Å². The summed E-state index contributed by atoms with van der Waals surface area (Å²) in [5.41, 5.74) is 0. The number of nitrogens with one attached hydrogen (secondary N) is 1. The van der Waals surface area contributed by atoms with Gasteiger partial charge in [-0.15, -0.1) is 0 Å². The fourth-order valence-corrected chi connectivity index (χ4v) is 0.681. The first-order valence-corrected chi connectivity index (χ1v) is 3.72. The van der Waals surface area contributed by atoms with Crippen LogP contribution in [-0.4, -0.2) is 32.3 Å². The van der Waals surface area contributed by atoms with Crippen LogP contribution in [0.15, 0.2) is 0 Å². The van der Waals surface area contributed by atoms with E-state index in [2.05, 4.69) is 5.32 Å². The molecule has 0 saturated heterocycles. The van der Waals surface area contributed by atoms with Gasteiger partial charge in [-0.1, -0.05) is 0 Å². The zero-order valence-electron chi connectivity index (χ0n) is 5.55. The van der Waals surface area contributed by atoms with E-state index in [9.17, 15) is 13.0 Å². The predicted molar refractivity (Wildman–Crippen MR) is 28.5 cm³/mol. The molecule has 4 nitrogen and oxygen atoms in total. The maximum absolute atomic E-state index is 9.79. The van der Waals surface area contributed by atoms with E-state index in [1.54, 1.807) is 7.05 Å². The van der Waals surface area contributed by atoms with Crippen LogP contribution in [0, 0.1) is 0 Å². The van der Waals surface area contributed by atoms with Crippen LogP contribution in [-0.2, 0) is 10.1 Å². The third-order valence-corrected chi connectivity index (χ3v) is 1.31. The van der Waals surface area contributed by atoms with Crippen molar-refractivity contribution in [3.8, 4) is 0 Å². The van der Waals surface area contributed by atoms with Gasteiger partial charge in [-0.3, -0.25) is 0 Å². The molecule has 9 heavy (non-hydrogen) atoms. The molecule has 0 unspecified atom stereocenters. The summed E-state index contributed by atoms with van der Waals surface area (Å²) in [5, 5.41) is 2.55. The molecule has 0 aromatic heterocycles. The van der Waals surface area contributed by atoms with E-state index in [1.807, 2.05) is 0 Å². The molecule has 0 saturated carbocycles. The van der Waals surface area contributed by atoms with Gasteiger partial charge < -0.3 is 9.87 Å². The first-order valence-electron chi connectivity index (χ1n) is 2.14. The first-order chi connectivity index (χ1) is 3.56. The van der Waals surface area contributed by atoms with Crippen molar-refractivity contribution in [1.82, 2.24) is 5.32 Å². The Balaban J connectivity index is 0. The Hall–Kier alpha value is 0.870. The van der Waals surface area contributed by atoms with E-state index in [4.69, 9.17) is 0 Å². The number of hydrogen-bond donors (Lipinski definition) is 1. The molecule has 0 radical (unpaired) electrons. The molecule has 0 aliphatic carbocycles. The van der Waals surface area contributed by atoms with Crippen LogP contribution < -0.4 is 34.9 Å². The van der Waals surface area contributed by atoms with Crippen LogP contribution in [0.3, 0.4) is 0 Å². The van der Waals surface area contributed by atoms with Gasteiger partial charge in [0, 0.05) is 6.54 Å². The molecule has 0 aliphatic rings. The zero-order valence-corrected chi connectivity index (χ0v) is 8.36. The SMILES string of the molecule is CNCCS(=O)(=O)[O-].[Na+]. The molecule has 0 aromatic carbocycles. The van der Waals surface area contributed by atoms with Crippen molar-refractivity contribution in [1.29, 1.82) is 0 Å². The summed E-state index contributed by atoms with van der Waals surface area (Å²) in [6.45, 7) is 0.228. The minimum atomic E-state index is -4.00. The van der Waals surface area contributed by atoms with E-state index >= 15 is 0 Å². The number of rotatable bonds is 3. The van der Waals surface area contributed by atoms with Gasteiger partial charge in [-0.2, -0.15) is 0 Å². The Kier molecular flexibility index (Phi) is 7.86. The normalized spacial score (nSPS) is 10.4. The Morgan fingerprint density at radius 1 is 1.56 bits per heavy atom. The molecule has 0 heterocycles. The molecule has 6 heteroatoms. The number of hydrogen-bond acceptors (Lipinski definition) is 4. The van der Waals surface area contributed by atoms with Gasteiger partial charge in [0.1, 0.15) is 0 Å². The molecule has 0 amide bonds. The fourth-order valence-electron chi connectivity index (χ4n) is 0.227. The Morgan fingerprint density at radius 3 is 2.11 bits per heavy atom. The minimum absolute atomic E-state index is 0. The molecule has 0 bridgehead atoms. The second kappa shape index (κ2) is 5.64. The summed E-state index contributed by atoms with van der Waals surface area (Å²) in [5.74, 6) is -0.330. The van der Waals surface area contributed by atoms with E-state index < -0.39 is 10.1 Å². The van der Waals surface area contributed by atoms with E-state index in [1.165, 1.54) is 0 Å². The molecule has 0 fully saturated rings. The zero-order chi connectivity index (χ0) is 6.62. The fraction of sp³-hybridized carbons (Fsp3) is 1.00. The van der Waals surface area contributed by atoms with Crippen molar-refractivity contribution in [2.24, 2.45) is 0 Å². The summed E-state index contributed by atoms with van der Waals surface area (Å²) in [4.78, 5) is 0. The van der Waals surface area contributed by atoms with Crippen molar-refractivity contribution >= 4 is 10.1 Å². The standard InChI is InChI=1S/C3H9NO3S.Na/c1-4-2-3-8(5,6)7;/h4H,2-3H2,1H3,(H,5,6,7);/q;+1/p-1. The third-order valence-electron chi connectivity index (χ3n) is 0.602. The van der Waals surface area contributed by atoms with Gasteiger partial charge in [0.2, 0.25) is 0 Å². The van der Waals surface area contributed by atoms with Gasteiger partial charge >= 0.3 is 29.6 Å². The van der Waals surface area contributed by atoms with Gasteiger partial charge in [0.25, 0.3) is 0 Å². The summed E-state index contributed by atoms with van der Waals surface area (Å²) in [6.07, 6.45) is 0. The predicted octanol–water partition coefficient (Wildman–Crippen LogP) is -4.24. The summed E-state index contributed by atoms with van der Waals surface area (Å²) >= 11 is 0. The van der Waals surface area contributed by atoms with Gasteiger partial charge in [-0.05, 0) is 7.05 Å². The molecule has 0 spiro atoms. The topological polar surface area (TPSA) is 69.2 Å². The Morgan fingerprint density at radius 2 is 2.00 bits per heavy atom. The second-order valence-corrected chi connectivity index (χ2v) is 2.89. The largest absolute Gasteiger partial charge is 1.00 e. The molecule has 0 aliphatic heterocycles. The van der Waals surface area contributed by atoms with E-state index in [0.29, 0.717) is 0 Å². The van der Waals surface area contributed by atoms with Crippen molar-refractivity contribution in [2.75, 3.05) is 19.3 Å². The molecule has 0 rings (SSSR count). The molecule has 0 atom stereocenters. The molecule has 50 valence electrons. The van der Waals surface area contributed by atoms with Crippen LogP contribution in [0.4, 0.5) is 0 Å². The maximum Gasteiger partial charge on any atom is 1.00 e. The van der Waals surface area contributed by atoms with Gasteiger partial charge in [-0.25, -0.2) is 8.42 Å². The summed E-state index contributed by atoms with van der Waals surface area (Å²) in [7, 11) is -2.41. The first kappa shape index (κ1) is 12.5. The van der Waals surface area contributed by atoms with E-state index in [0.717, 1.165) is 0 Å². The second-order valence-electron chi connectivity index (χ2n) is 1.37. The average Bonchev–Trinajstić information content (AvgIpc) is 1.59. The Bertz CT molecular complexity index is 143. The minimum Gasteiger partial charge on any atom is -0.748 e. The van der Waals surface area contributed by atoms with Gasteiger partial charge in [0.15, 0.2) is 0 Å². The molecular formula is C3H8NNaO3S. The molecule has 1 N–H and O–H groups in total. The molecular weight excluding hydrogens is 153 g/mol. The van der Waals surface area contributed by atoms with Crippen LogP contribution in [0.25, 0.3) is 0 Å². The van der Waals surface area contributed by atoms with Crippen LogP contribution in [0.5, 0.6) is 0 Å². The average molecular weight is 161 g/mol. The van der Waals surface area contributed by atoms with Crippen molar-refractivity contribution in [3.05, 3.63) is 0 Å². The van der Waals surface area contributed by atoms with Crippen molar-refractivity contribution in [3.63, 3.8) is 0 Å². The summed E-state index contributed by atoms with van der Waals surface area (Å²) < 4.78 is 29.4. The Labute approximate surface area is 77.1 Å². The van der Waals surface area contributed by atoms with Gasteiger partial charge in [0.05, 0.1) is 15.9 Å². The van der Waals surface area contributed by atoms with E-state index in [-0.39, 0.29) is 41.9 Å². The van der Waals surface area contributed by atoms with Crippen LogP contribution in [0.2, 0.25) is 0 Å². The molecule has 0 aromatic rings. The third kappa shape index (κ3) is 12.1.